The molecule has 1 N–H and O–H groups in total. The van der Waals surface area contributed by atoms with Crippen LogP contribution < -0.4 is 10.2 Å². The second-order valence-corrected chi connectivity index (χ2v) is 5.43. The highest BCUT2D eigenvalue weighted by Gasteiger charge is 2.19. The number of hydrogen-bond acceptors (Lipinski definition) is 3. The second-order valence-electron chi connectivity index (χ2n) is 5.43. The first kappa shape index (κ1) is 14.9. The summed E-state index contributed by atoms with van der Waals surface area (Å²) >= 11 is 0. The van der Waals surface area contributed by atoms with Gasteiger partial charge in [-0.1, -0.05) is 19.1 Å². The molecule has 20 heavy (non-hydrogen) atoms. The molecule has 0 bridgehead atoms. The molecule has 2 rings (SSSR count). The van der Waals surface area contributed by atoms with E-state index in [0.29, 0.717) is 12.6 Å². The molecule has 0 radical (unpaired) electrons. The molecule has 1 unspecified atom stereocenters. The van der Waals surface area contributed by atoms with Crippen LogP contribution in [0.5, 0.6) is 0 Å². The highest BCUT2D eigenvalue weighted by Crippen LogP contribution is 2.22. The predicted octanol–water partition coefficient (Wildman–Crippen LogP) is 2.03. The zero-order valence-electron chi connectivity index (χ0n) is 12.7. The lowest BCUT2D eigenvalue weighted by Gasteiger charge is -2.23. The number of carbonyl (C=O) groups is 1. The molecule has 1 atom stereocenters. The van der Waals surface area contributed by atoms with Crippen molar-refractivity contribution < 1.29 is 4.79 Å². The van der Waals surface area contributed by atoms with Gasteiger partial charge in [-0.05, 0) is 37.6 Å². The molecule has 0 saturated carbocycles. The molecule has 1 aromatic rings. The Labute approximate surface area is 121 Å². The lowest BCUT2D eigenvalue weighted by Crippen LogP contribution is -2.34. The summed E-state index contributed by atoms with van der Waals surface area (Å²) < 4.78 is 0. The number of anilines is 1. The minimum Gasteiger partial charge on any atom is -0.362 e. The number of rotatable bonds is 4. The van der Waals surface area contributed by atoms with Crippen molar-refractivity contribution in [3.63, 3.8) is 0 Å². The molecular formula is C16H25N3O. The standard InChI is InChI=1S/C16H25N3O/c1-4-15(17-2)13-6-8-14(9-7-13)19-11-5-10-18(3)16(20)12-19/h6-9,15,17H,4-5,10-12H2,1-3H3. The molecule has 1 aromatic carbocycles. The average Bonchev–Trinajstić information content (AvgIpc) is 2.63. The van der Waals surface area contributed by atoms with E-state index in [1.807, 2.05) is 19.0 Å². The van der Waals surface area contributed by atoms with E-state index in [2.05, 4.69) is 41.4 Å². The summed E-state index contributed by atoms with van der Waals surface area (Å²) in [6.07, 6.45) is 2.10. The van der Waals surface area contributed by atoms with Gasteiger partial charge in [-0.3, -0.25) is 4.79 Å². The molecule has 4 heteroatoms. The summed E-state index contributed by atoms with van der Waals surface area (Å²) in [7, 11) is 3.87. The fourth-order valence-electron chi connectivity index (χ4n) is 2.73. The van der Waals surface area contributed by atoms with Gasteiger partial charge in [0.05, 0.1) is 6.54 Å². The number of amides is 1. The fraction of sp³-hybridized carbons (Fsp3) is 0.562. The number of likely N-dealkylation sites (N-methyl/N-ethyl adjacent to an activating group) is 1. The Morgan fingerprint density at radius 3 is 2.55 bits per heavy atom. The minimum atomic E-state index is 0.202. The van der Waals surface area contributed by atoms with Crippen molar-refractivity contribution in [2.24, 2.45) is 0 Å². The van der Waals surface area contributed by atoms with Crippen molar-refractivity contribution >= 4 is 11.6 Å². The summed E-state index contributed by atoms with van der Waals surface area (Å²) in [5, 5.41) is 3.32. The van der Waals surface area contributed by atoms with Gasteiger partial charge < -0.3 is 15.1 Å². The third-order valence-corrected chi connectivity index (χ3v) is 4.09. The van der Waals surface area contributed by atoms with Crippen molar-refractivity contribution in [2.75, 3.05) is 38.6 Å². The van der Waals surface area contributed by atoms with Crippen LogP contribution in [0.4, 0.5) is 5.69 Å². The maximum absolute atomic E-state index is 11.9. The van der Waals surface area contributed by atoms with E-state index in [1.165, 1.54) is 5.56 Å². The number of carbonyl (C=O) groups excluding carboxylic acids is 1. The Morgan fingerprint density at radius 2 is 1.95 bits per heavy atom. The molecule has 1 aliphatic rings. The van der Waals surface area contributed by atoms with Crippen molar-refractivity contribution in [1.82, 2.24) is 10.2 Å². The molecule has 1 heterocycles. The molecule has 1 aliphatic heterocycles. The minimum absolute atomic E-state index is 0.202. The number of hydrogen-bond donors (Lipinski definition) is 1. The third-order valence-electron chi connectivity index (χ3n) is 4.09. The van der Waals surface area contributed by atoms with E-state index in [1.54, 1.807) is 0 Å². The van der Waals surface area contributed by atoms with Crippen molar-refractivity contribution in [1.29, 1.82) is 0 Å². The fourth-order valence-corrected chi connectivity index (χ4v) is 2.73. The SMILES string of the molecule is CCC(NC)c1ccc(N2CCCN(C)C(=O)C2)cc1. The van der Waals surface area contributed by atoms with E-state index < -0.39 is 0 Å². The van der Waals surface area contributed by atoms with E-state index >= 15 is 0 Å². The summed E-state index contributed by atoms with van der Waals surface area (Å²) in [5.74, 6) is 0.202. The number of nitrogens with zero attached hydrogens (tertiary/aromatic N) is 2. The first-order valence-corrected chi connectivity index (χ1v) is 7.41. The Morgan fingerprint density at radius 1 is 1.25 bits per heavy atom. The largest absolute Gasteiger partial charge is 0.362 e. The van der Waals surface area contributed by atoms with Gasteiger partial charge in [-0.25, -0.2) is 0 Å². The summed E-state index contributed by atoms with van der Waals surface area (Å²) in [6, 6.07) is 9.00. The predicted molar refractivity (Wildman–Crippen MR) is 83.0 cm³/mol. The lowest BCUT2D eigenvalue weighted by atomic mass is 10.0. The first-order valence-electron chi connectivity index (χ1n) is 7.41. The topological polar surface area (TPSA) is 35.6 Å². The number of benzene rings is 1. The van der Waals surface area contributed by atoms with Gasteiger partial charge in [0.1, 0.15) is 0 Å². The zero-order valence-corrected chi connectivity index (χ0v) is 12.7. The molecular weight excluding hydrogens is 250 g/mol. The highest BCUT2D eigenvalue weighted by atomic mass is 16.2. The van der Waals surface area contributed by atoms with E-state index in [4.69, 9.17) is 0 Å². The van der Waals surface area contributed by atoms with Crippen LogP contribution in [-0.4, -0.2) is 44.5 Å². The van der Waals surface area contributed by atoms with Crippen LogP contribution in [0.25, 0.3) is 0 Å². The second kappa shape index (κ2) is 6.75. The Bertz CT molecular complexity index is 440. The quantitative estimate of drug-likeness (QED) is 0.913. The Kier molecular flexibility index (Phi) is 5.01. The maximum Gasteiger partial charge on any atom is 0.241 e. The van der Waals surface area contributed by atoms with Crippen LogP contribution in [0.2, 0.25) is 0 Å². The van der Waals surface area contributed by atoms with Gasteiger partial charge >= 0.3 is 0 Å². The Balaban J connectivity index is 2.11. The van der Waals surface area contributed by atoms with Gasteiger partial charge in [-0.2, -0.15) is 0 Å². The van der Waals surface area contributed by atoms with E-state index in [9.17, 15) is 4.79 Å². The molecule has 0 spiro atoms. The van der Waals surface area contributed by atoms with Crippen molar-refractivity contribution in [3.8, 4) is 0 Å². The molecule has 1 amide bonds. The Hall–Kier alpha value is -1.55. The molecule has 1 fully saturated rings. The smallest absolute Gasteiger partial charge is 0.241 e. The van der Waals surface area contributed by atoms with Crippen LogP contribution in [0.1, 0.15) is 31.4 Å². The monoisotopic (exact) mass is 275 g/mol. The normalized spacial score (nSPS) is 18.1. The summed E-state index contributed by atoms with van der Waals surface area (Å²) in [6.45, 7) is 4.46. The zero-order chi connectivity index (χ0) is 14.5. The molecule has 1 saturated heterocycles. The molecule has 110 valence electrons. The third kappa shape index (κ3) is 3.31. The maximum atomic E-state index is 11.9. The summed E-state index contributed by atoms with van der Waals surface area (Å²) in [4.78, 5) is 15.9. The molecule has 0 aliphatic carbocycles. The van der Waals surface area contributed by atoms with Gasteiger partial charge in [0.25, 0.3) is 0 Å². The van der Waals surface area contributed by atoms with Gasteiger partial charge in [-0.15, -0.1) is 0 Å². The lowest BCUT2D eigenvalue weighted by molar-refractivity contribution is -0.127. The van der Waals surface area contributed by atoms with Crippen molar-refractivity contribution in [3.05, 3.63) is 29.8 Å². The average molecular weight is 275 g/mol. The number of nitrogens with one attached hydrogen (secondary N) is 1. The van der Waals surface area contributed by atoms with Crippen LogP contribution in [0, 0.1) is 0 Å². The first-order chi connectivity index (χ1) is 9.65. The van der Waals surface area contributed by atoms with E-state index in [0.717, 1.165) is 31.6 Å². The van der Waals surface area contributed by atoms with E-state index in [-0.39, 0.29) is 5.91 Å². The molecule has 4 nitrogen and oxygen atoms in total. The van der Waals surface area contributed by atoms with Crippen LogP contribution in [0.3, 0.4) is 0 Å². The van der Waals surface area contributed by atoms with Crippen molar-refractivity contribution in [2.45, 2.75) is 25.8 Å². The summed E-state index contributed by atoms with van der Waals surface area (Å²) in [5.41, 5.74) is 2.44. The van der Waals surface area contributed by atoms with Crippen LogP contribution >= 0.6 is 0 Å². The highest BCUT2D eigenvalue weighted by molar-refractivity contribution is 5.81. The van der Waals surface area contributed by atoms with Crippen LogP contribution in [0.15, 0.2) is 24.3 Å². The molecule has 0 aromatic heterocycles. The van der Waals surface area contributed by atoms with Crippen LogP contribution in [-0.2, 0) is 4.79 Å². The van der Waals surface area contributed by atoms with Gasteiger partial charge in [0, 0.05) is 31.9 Å². The van der Waals surface area contributed by atoms with Gasteiger partial charge in [0.2, 0.25) is 5.91 Å². The van der Waals surface area contributed by atoms with Gasteiger partial charge in [0.15, 0.2) is 0 Å².